The summed E-state index contributed by atoms with van der Waals surface area (Å²) in [4.78, 5) is 27.1. The minimum Gasteiger partial charge on any atom is -0.372 e. The van der Waals surface area contributed by atoms with Gasteiger partial charge in [-0.25, -0.2) is 12.7 Å². The minimum atomic E-state index is -3.70. The van der Waals surface area contributed by atoms with E-state index < -0.39 is 22.0 Å². The molecule has 4 rings (SSSR count). The van der Waals surface area contributed by atoms with Crippen molar-refractivity contribution in [2.75, 3.05) is 29.6 Å². The predicted molar refractivity (Wildman–Crippen MR) is 107 cm³/mol. The SMILES string of the molecule is CN1CCC(=O)Nc2cc(C(=O)N3C(c4ccccc4)CCS3(=O)=O)ccc21. The van der Waals surface area contributed by atoms with Crippen molar-refractivity contribution in [3.8, 4) is 0 Å². The lowest BCUT2D eigenvalue weighted by Crippen LogP contribution is -2.34. The number of hydrogen-bond donors (Lipinski definition) is 1. The number of amides is 2. The van der Waals surface area contributed by atoms with Crippen LogP contribution in [-0.2, 0) is 14.8 Å². The number of nitrogens with one attached hydrogen (secondary N) is 1. The molecule has 1 unspecified atom stereocenters. The Morgan fingerprint density at radius 3 is 2.64 bits per heavy atom. The highest BCUT2D eigenvalue weighted by Crippen LogP contribution is 2.37. The van der Waals surface area contributed by atoms with Crippen LogP contribution in [0.3, 0.4) is 0 Å². The molecule has 0 radical (unpaired) electrons. The summed E-state index contributed by atoms with van der Waals surface area (Å²) < 4.78 is 26.3. The Hall–Kier alpha value is -2.87. The first-order valence-corrected chi connectivity index (χ1v) is 10.7. The maximum absolute atomic E-state index is 13.2. The zero-order valence-corrected chi connectivity index (χ0v) is 16.3. The Labute approximate surface area is 164 Å². The molecule has 1 fully saturated rings. The number of anilines is 2. The van der Waals surface area contributed by atoms with Gasteiger partial charge in [0.2, 0.25) is 15.9 Å². The van der Waals surface area contributed by atoms with Crippen molar-refractivity contribution in [2.45, 2.75) is 18.9 Å². The summed E-state index contributed by atoms with van der Waals surface area (Å²) >= 11 is 0. The van der Waals surface area contributed by atoms with Crippen molar-refractivity contribution in [2.24, 2.45) is 0 Å². The topological polar surface area (TPSA) is 86.8 Å². The smallest absolute Gasteiger partial charge is 0.267 e. The molecule has 2 aromatic carbocycles. The van der Waals surface area contributed by atoms with E-state index in [9.17, 15) is 18.0 Å². The third kappa shape index (κ3) is 3.24. The molecule has 28 heavy (non-hydrogen) atoms. The molecule has 0 saturated carbocycles. The van der Waals surface area contributed by atoms with Gasteiger partial charge in [0.1, 0.15) is 0 Å². The van der Waals surface area contributed by atoms with Crippen molar-refractivity contribution in [3.63, 3.8) is 0 Å². The van der Waals surface area contributed by atoms with Gasteiger partial charge in [0, 0.05) is 25.6 Å². The fraction of sp³-hybridized carbons (Fsp3) is 0.300. The Morgan fingerprint density at radius 1 is 1.14 bits per heavy atom. The zero-order chi connectivity index (χ0) is 19.9. The minimum absolute atomic E-state index is 0.0668. The summed E-state index contributed by atoms with van der Waals surface area (Å²) in [7, 11) is -1.82. The van der Waals surface area contributed by atoms with Gasteiger partial charge in [-0.1, -0.05) is 30.3 Å². The van der Waals surface area contributed by atoms with E-state index in [0.717, 1.165) is 15.6 Å². The molecule has 2 aliphatic heterocycles. The Bertz CT molecular complexity index is 1040. The fourth-order valence-electron chi connectivity index (χ4n) is 3.75. The van der Waals surface area contributed by atoms with Crippen LogP contribution < -0.4 is 10.2 Å². The largest absolute Gasteiger partial charge is 0.372 e. The fourth-order valence-corrected chi connectivity index (χ4v) is 5.44. The lowest BCUT2D eigenvalue weighted by atomic mass is 10.0. The van der Waals surface area contributed by atoms with Crippen LogP contribution in [0.25, 0.3) is 0 Å². The molecule has 7 nitrogen and oxygen atoms in total. The van der Waals surface area contributed by atoms with Crippen LogP contribution in [-0.4, -0.2) is 43.9 Å². The third-order valence-corrected chi connectivity index (χ3v) is 6.99. The molecular formula is C20H21N3O4S. The number of carbonyl (C=O) groups excluding carboxylic acids is 2. The first kappa shape index (κ1) is 18.5. The molecule has 0 aromatic heterocycles. The zero-order valence-electron chi connectivity index (χ0n) is 15.5. The summed E-state index contributed by atoms with van der Waals surface area (Å²) in [5, 5.41) is 2.80. The van der Waals surface area contributed by atoms with Crippen molar-refractivity contribution in [1.82, 2.24) is 4.31 Å². The van der Waals surface area contributed by atoms with Crippen LogP contribution in [0.2, 0.25) is 0 Å². The maximum atomic E-state index is 13.2. The number of nitrogens with zero attached hydrogens (tertiary/aromatic N) is 2. The molecular weight excluding hydrogens is 378 g/mol. The highest BCUT2D eigenvalue weighted by Gasteiger charge is 2.42. The van der Waals surface area contributed by atoms with E-state index in [-0.39, 0.29) is 17.2 Å². The predicted octanol–water partition coefficient (Wildman–Crippen LogP) is 2.38. The summed E-state index contributed by atoms with van der Waals surface area (Å²) in [6.45, 7) is 0.572. The Kier molecular flexibility index (Phi) is 4.58. The van der Waals surface area contributed by atoms with Crippen LogP contribution in [0.4, 0.5) is 11.4 Å². The second-order valence-electron chi connectivity index (χ2n) is 7.08. The van der Waals surface area contributed by atoms with Crippen molar-refractivity contribution in [1.29, 1.82) is 0 Å². The molecule has 8 heteroatoms. The van der Waals surface area contributed by atoms with Crippen LogP contribution in [0.5, 0.6) is 0 Å². The Morgan fingerprint density at radius 2 is 1.89 bits per heavy atom. The number of sulfonamides is 1. The highest BCUT2D eigenvalue weighted by atomic mass is 32.2. The number of carbonyl (C=O) groups is 2. The van der Waals surface area contributed by atoms with E-state index in [1.54, 1.807) is 18.2 Å². The standard InChI is InChI=1S/C20H21N3O4S/c1-22-11-9-19(24)21-16-13-15(7-8-18(16)22)20(25)23-17(10-12-28(23,26)27)14-5-3-2-4-6-14/h2-8,13,17H,9-12H2,1H3,(H,21,24). The molecule has 2 aromatic rings. The molecule has 1 atom stereocenters. The summed E-state index contributed by atoms with van der Waals surface area (Å²) in [5.41, 5.74) is 2.34. The van der Waals surface area contributed by atoms with Gasteiger partial charge < -0.3 is 10.2 Å². The molecule has 2 aliphatic rings. The summed E-state index contributed by atoms with van der Waals surface area (Å²) in [6, 6.07) is 13.6. The Balaban J connectivity index is 1.73. The second kappa shape index (κ2) is 6.94. The molecule has 2 amide bonds. The van der Waals surface area contributed by atoms with Gasteiger partial charge >= 0.3 is 0 Å². The second-order valence-corrected chi connectivity index (χ2v) is 9.05. The van der Waals surface area contributed by atoms with E-state index in [4.69, 9.17) is 0 Å². The number of rotatable bonds is 2. The monoisotopic (exact) mass is 399 g/mol. The van der Waals surface area contributed by atoms with Gasteiger partial charge in [-0.3, -0.25) is 9.59 Å². The van der Waals surface area contributed by atoms with Gasteiger partial charge in [0.15, 0.2) is 0 Å². The van der Waals surface area contributed by atoms with E-state index in [1.165, 1.54) is 0 Å². The molecule has 0 spiro atoms. The normalized spacial score (nSPS) is 21.0. The molecule has 0 bridgehead atoms. The third-order valence-electron chi connectivity index (χ3n) is 5.22. The first-order chi connectivity index (χ1) is 13.4. The summed E-state index contributed by atoms with van der Waals surface area (Å²) in [6.07, 6.45) is 0.716. The van der Waals surface area contributed by atoms with E-state index in [2.05, 4.69) is 5.32 Å². The van der Waals surface area contributed by atoms with Crippen LogP contribution >= 0.6 is 0 Å². The molecule has 0 aliphatic carbocycles. The number of benzene rings is 2. The first-order valence-electron chi connectivity index (χ1n) is 9.13. The molecule has 1 saturated heterocycles. The van der Waals surface area contributed by atoms with Crippen molar-refractivity contribution >= 4 is 33.2 Å². The lowest BCUT2D eigenvalue weighted by Gasteiger charge is -2.24. The van der Waals surface area contributed by atoms with Gasteiger partial charge in [0.05, 0.1) is 23.2 Å². The molecule has 2 heterocycles. The van der Waals surface area contributed by atoms with Gasteiger partial charge in [-0.2, -0.15) is 0 Å². The van der Waals surface area contributed by atoms with E-state index in [0.29, 0.717) is 25.1 Å². The molecule has 146 valence electrons. The van der Waals surface area contributed by atoms with Gasteiger partial charge in [-0.15, -0.1) is 0 Å². The average Bonchev–Trinajstić information content (AvgIpc) is 2.93. The van der Waals surface area contributed by atoms with Crippen LogP contribution in [0.1, 0.15) is 34.8 Å². The average molecular weight is 399 g/mol. The van der Waals surface area contributed by atoms with Crippen LogP contribution in [0.15, 0.2) is 48.5 Å². The van der Waals surface area contributed by atoms with Crippen molar-refractivity contribution < 1.29 is 18.0 Å². The molecule has 1 N–H and O–H groups in total. The number of hydrogen-bond acceptors (Lipinski definition) is 5. The van der Waals surface area contributed by atoms with E-state index >= 15 is 0 Å². The van der Waals surface area contributed by atoms with Crippen LogP contribution in [0, 0.1) is 0 Å². The lowest BCUT2D eigenvalue weighted by molar-refractivity contribution is -0.115. The van der Waals surface area contributed by atoms with Gasteiger partial charge in [-0.05, 0) is 30.2 Å². The quantitative estimate of drug-likeness (QED) is 0.838. The highest BCUT2D eigenvalue weighted by molar-refractivity contribution is 7.89. The van der Waals surface area contributed by atoms with Crippen molar-refractivity contribution in [3.05, 3.63) is 59.7 Å². The van der Waals surface area contributed by atoms with E-state index in [1.807, 2.05) is 42.3 Å². The maximum Gasteiger partial charge on any atom is 0.267 e. The van der Waals surface area contributed by atoms with Gasteiger partial charge in [0.25, 0.3) is 5.91 Å². The summed E-state index contributed by atoms with van der Waals surface area (Å²) in [5.74, 6) is -0.774. The number of fused-ring (bicyclic) bond motifs is 1.